The average molecular weight is 546 g/mol. The molecule has 0 fully saturated rings. The van der Waals surface area contributed by atoms with Gasteiger partial charge in [0, 0.05) is 5.56 Å². The normalized spacial score (nSPS) is 12.1. The zero-order valence-corrected chi connectivity index (χ0v) is 24.4. The van der Waals surface area contributed by atoms with Crippen LogP contribution in [0.4, 0.5) is 0 Å². The number of thioether (sulfide) groups is 1. The first-order chi connectivity index (χ1) is 17.7. The maximum atomic E-state index is 13.5. The first-order valence-corrected chi connectivity index (χ1v) is 15.5. The molecule has 1 amide bonds. The van der Waals surface area contributed by atoms with Gasteiger partial charge in [-0.1, -0.05) is 69.9 Å². The van der Waals surface area contributed by atoms with E-state index in [1.807, 2.05) is 43.5 Å². The maximum Gasteiger partial charge on any atom is 0.328 e. The van der Waals surface area contributed by atoms with Gasteiger partial charge in [0.25, 0.3) is 5.91 Å². The highest BCUT2D eigenvalue weighted by Crippen LogP contribution is 2.49. The lowest BCUT2D eigenvalue weighted by Gasteiger charge is -2.28. The third kappa shape index (κ3) is 7.81. The molecule has 1 atom stereocenters. The first-order valence-electron chi connectivity index (χ1n) is 13.0. The van der Waals surface area contributed by atoms with E-state index < -0.39 is 24.8 Å². The zero-order chi connectivity index (χ0) is 27.4. The predicted octanol–water partition coefficient (Wildman–Crippen LogP) is 7.44. The van der Waals surface area contributed by atoms with Gasteiger partial charge in [0.2, 0.25) is 0 Å². The van der Waals surface area contributed by atoms with Gasteiger partial charge in [-0.2, -0.15) is 11.8 Å². The summed E-state index contributed by atoms with van der Waals surface area (Å²) in [6, 6.07) is 12.3. The topological polar surface area (TPSA) is 89.5 Å². The van der Waals surface area contributed by atoms with Crippen LogP contribution in [0.5, 0.6) is 0 Å². The second-order valence-corrected chi connectivity index (χ2v) is 11.8. The van der Waals surface area contributed by atoms with Crippen LogP contribution in [0.25, 0.3) is 11.1 Å². The fourth-order valence-electron chi connectivity index (χ4n) is 4.63. The van der Waals surface area contributed by atoms with Crippen molar-refractivity contribution in [3.05, 3.63) is 59.2 Å². The monoisotopic (exact) mass is 545 g/mol. The SMILES string of the molecule is CCCCC(CCCC)(c1ccc(C(=O)N[C@@H](CCSC)C(=O)OC)c(-c2ccccc2C)c1)P(=O)=O. The molecule has 2 aromatic carbocycles. The van der Waals surface area contributed by atoms with Crippen LogP contribution in [-0.2, 0) is 23.8 Å². The highest BCUT2D eigenvalue weighted by atomic mass is 32.2. The highest BCUT2D eigenvalue weighted by molar-refractivity contribution is 7.98. The molecule has 8 heteroatoms. The van der Waals surface area contributed by atoms with E-state index in [4.69, 9.17) is 4.74 Å². The third-order valence-electron chi connectivity index (χ3n) is 6.88. The van der Waals surface area contributed by atoms with Crippen LogP contribution in [0.2, 0.25) is 0 Å². The van der Waals surface area contributed by atoms with Gasteiger partial charge in [-0.15, -0.1) is 0 Å². The number of aryl methyl sites for hydroxylation is 1. The molecule has 0 aliphatic rings. The minimum Gasteiger partial charge on any atom is -0.467 e. The Bertz CT molecular complexity index is 1120. The van der Waals surface area contributed by atoms with E-state index in [0.29, 0.717) is 41.7 Å². The van der Waals surface area contributed by atoms with Gasteiger partial charge < -0.3 is 10.1 Å². The van der Waals surface area contributed by atoms with E-state index in [1.54, 1.807) is 23.9 Å². The van der Waals surface area contributed by atoms with Crippen molar-refractivity contribution in [2.24, 2.45) is 0 Å². The number of benzene rings is 2. The van der Waals surface area contributed by atoms with Crippen LogP contribution in [0.3, 0.4) is 0 Å². The summed E-state index contributed by atoms with van der Waals surface area (Å²) in [6.07, 6.45) is 6.86. The number of rotatable bonds is 15. The Hall–Kier alpha value is -2.37. The van der Waals surface area contributed by atoms with Gasteiger partial charge in [-0.3, -0.25) is 4.79 Å². The maximum absolute atomic E-state index is 13.5. The largest absolute Gasteiger partial charge is 0.467 e. The minimum absolute atomic E-state index is 0.388. The number of carbonyl (C=O) groups is 2. The number of methoxy groups -OCH3 is 1. The summed E-state index contributed by atoms with van der Waals surface area (Å²) in [7, 11) is -1.45. The molecule has 0 aliphatic heterocycles. The van der Waals surface area contributed by atoms with Crippen molar-refractivity contribution in [3.8, 4) is 11.1 Å². The predicted molar refractivity (Wildman–Crippen MR) is 152 cm³/mol. The van der Waals surface area contributed by atoms with E-state index in [-0.39, 0.29) is 5.91 Å². The molecule has 0 heterocycles. The van der Waals surface area contributed by atoms with Crippen molar-refractivity contribution >= 4 is 31.3 Å². The Morgan fingerprint density at radius 3 is 2.22 bits per heavy atom. The Morgan fingerprint density at radius 1 is 1.03 bits per heavy atom. The van der Waals surface area contributed by atoms with Crippen molar-refractivity contribution in [2.75, 3.05) is 19.1 Å². The van der Waals surface area contributed by atoms with E-state index in [9.17, 15) is 18.7 Å². The zero-order valence-electron chi connectivity index (χ0n) is 22.7. The van der Waals surface area contributed by atoms with Crippen LogP contribution in [0, 0.1) is 6.92 Å². The molecule has 0 aromatic heterocycles. The van der Waals surface area contributed by atoms with Crippen LogP contribution < -0.4 is 5.32 Å². The number of hydrogen-bond acceptors (Lipinski definition) is 6. The van der Waals surface area contributed by atoms with E-state index >= 15 is 0 Å². The molecule has 0 unspecified atom stereocenters. The molecule has 0 radical (unpaired) electrons. The van der Waals surface area contributed by atoms with Gasteiger partial charge in [-0.05, 0) is 72.6 Å². The molecule has 2 rings (SSSR count). The molecular weight excluding hydrogens is 505 g/mol. The standard InChI is InChI=1S/C29H40NO5PS/c1-6-8-17-29(36(33)34,18-9-7-2)22-14-15-24(25(20-22)23-13-11-10-12-21(23)3)27(31)30-26(16-19-37-5)28(32)35-4/h10-15,20,26H,6-9,16-19H2,1-5H3,(H,30,31)/t26-/m0/s1. The number of carbonyl (C=O) groups excluding carboxylic acids is 2. The minimum atomic E-state index is -2.76. The molecule has 37 heavy (non-hydrogen) atoms. The third-order valence-corrected chi connectivity index (χ3v) is 8.92. The number of unbranched alkanes of at least 4 members (excludes halogenated alkanes) is 2. The molecule has 1 N–H and O–H groups in total. The number of ether oxygens (including phenoxy) is 1. The fourth-order valence-corrected chi connectivity index (χ4v) is 6.14. The lowest BCUT2D eigenvalue weighted by molar-refractivity contribution is -0.142. The summed E-state index contributed by atoms with van der Waals surface area (Å²) in [6.45, 7) is 6.09. The second kappa shape index (κ2) is 15.1. The van der Waals surface area contributed by atoms with Crippen molar-refractivity contribution in [3.63, 3.8) is 0 Å². The Morgan fingerprint density at radius 2 is 1.68 bits per heavy atom. The van der Waals surface area contributed by atoms with Crippen LogP contribution in [0.15, 0.2) is 42.5 Å². The van der Waals surface area contributed by atoms with Crippen LogP contribution in [-0.4, -0.2) is 37.0 Å². The molecule has 202 valence electrons. The fraction of sp³-hybridized carbons (Fsp3) is 0.517. The summed E-state index contributed by atoms with van der Waals surface area (Å²) in [5.74, 6) is -0.184. The number of hydrogen-bond donors (Lipinski definition) is 1. The number of esters is 1. The van der Waals surface area contributed by atoms with Gasteiger partial charge in [0.1, 0.15) is 11.2 Å². The Balaban J connectivity index is 2.68. The number of nitrogens with one attached hydrogen (secondary N) is 1. The quantitative estimate of drug-likeness (QED) is 0.185. The Kier molecular flexibility index (Phi) is 12.6. The summed E-state index contributed by atoms with van der Waals surface area (Å²) in [5.41, 5.74) is 3.61. The molecule has 0 bridgehead atoms. The average Bonchev–Trinajstić information content (AvgIpc) is 2.90. The first kappa shape index (κ1) is 30.9. The number of amides is 1. The molecule has 0 spiro atoms. The van der Waals surface area contributed by atoms with E-state index in [0.717, 1.165) is 36.8 Å². The summed E-state index contributed by atoms with van der Waals surface area (Å²) >= 11 is 1.59. The van der Waals surface area contributed by atoms with E-state index in [1.165, 1.54) is 7.11 Å². The Labute approximate surface area is 226 Å². The summed E-state index contributed by atoms with van der Waals surface area (Å²) in [5, 5.41) is 1.87. The van der Waals surface area contributed by atoms with Crippen LogP contribution in [0.1, 0.15) is 80.3 Å². The molecule has 0 saturated carbocycles. The van der Waals surface area contributed by atoms with Crippen LogP contribution >= 0.6 is 19.4 Å². The van der Waals surface area contributed by atoms with Crippen molar-refractivity contribution in [1.29, 1.82) is 0 Å². The molecule has 6 nitrogen and oxygen atoms in total. The highest BCUT2D eigenvalue weighted by Gasteiger charge is 2.38. The van der Waals surface area contributed by atoms with Gasteiger partial charge in [0.15, 0.2) is 0 Å². The molecule has 2 aromatic rings. The lowest BCUT2D eigenvalue weighted by Crippen LogP contribution is -2.42. The summed E-state index contributed by atoms with van der Waals surface area (Å²) in [4.78, 5) is 25.9. The lowest BCUT2D eigenvalue weighted by atomic mass is 9.84. The van der Waals surface area contributed by atoms with Crippen molar-refractivity contribution in [1.82, 2.24) is 5.32 Å². The second-order valence-electron chi connectivity index (χ2n) is 9.40. The molecule has 0 saturated heterocycles. The molecular formula is C29H40NO5PS. The van der Waals surface area contributed by atoms with Gasteiger partial charge in [0.05, 0.1) is 7.11 Å². The van der Waals surface area contributed by atoms with E-state index in [2.05, 4.69) is 19.2 Å². The van der Waals surface area contributed by atoms with Crippen molar-refractivity contribution in [2.45, 2.75) is 76.9 Å². The van der Waals surface area contributed by atoms with Gasteiger partial charge >= 0.3 is 13.6 Å². The molecule has 0 aliphatic carbocycles. The van der Waals surface area contributed by atoms with Gasteiger partial charge in [-0.25, -0.2) is 13.9 Å². The summed E-state index contributed by atoms with van der Waals surface area (Å²) < 4.78 is 30.6. The van der Waals surface area contributed by atoms with Crippen molar-refractivity contribution < 1.29 is 23.5 Å². The smallest absolute Gasteiger partial charge is 0.328 e.